The Morgan fingerprint density at radius 2 is 2.33 bits per heavy atom. The van der Waals surface area contributed by atoms with Crippen molar-refractivity contribution in [3.63, 3.8) is 0 Å². The Kier molecular flexibility index (Phi) is 3.39. The second kappa shape index (κ2) is 4.38. The molecule has 0 aliphatic rings. The molecular formula is C6H10N4O4S. The molecule has 4 N–H and O–H groups in total. The maximum absolute atomic E-state index is 11.1. The zero-order valence-corrected chi connectivity index (χ0v) is 8.44. The second-order valence-corrected chi connectivity index (χ2v) is 4.42. The number of aromatic nitrogens is 2. The van der Waals surface area contributed by atoms with E-state index >= 15 is 0 Å². The van der Waals surface area contributed by atoms with Gasteiger partial charge in [-0.2, -0.15) is 5.10 Å². The van der Waals surface area contributed by atoms with E-state index in [2.05, 4.69) is 5.10 Å². The van der Waals surface area contributed by atoms with Gasteiger partial charge < -0.3 is 5.11 Å². The van der Waals surface area contributed by atoms with Crippen molar-refractivity contribution >= 4 is 16.0 Å². The van der Waals surface area contributed by atoms with Crippen molar-refractivity contribution in [3.05, 3.63) is 12.4 Å². The van der Waals surface area contributed by atoms with E-state index in [0.717, 1.165) is 6.20 Å². The number of nitrogens with two attached hydrogens (primary N) is 1. The summed E-state index contributed by atoms with van der Waals surface area (Å²) >= 11 is 0. The minimum atomic E-state index is -3.72. The topological polar surface area (TPSA) is 127 Å². The first-order valence-electron chi connectivity index (χ1n) is 3.92. The lowest BCUT2D eigenvalue weighted by atomic mass is 10.4. The number of hydrogen-bond acceptors (Lipinski definition) is 5. The lowest BCUT2D eigenvalue weighted by molar-refractivity contribution is -0.137. The number of carbonyl (C=O) groups is 1. The molecule has 0 aliphatic carbocycles. The lowest BCUT2D eigenvalue weighted by Crippen LogP contribution is -2.29. The van der Waals surface area contributed by atoms with Gasteiger partial charge in [-0.15, -0.1) is 4.83 Å². The summed E-state index contributed by atoms with van der Waals surface area (Å²) in [5.74, 6) is 3.82. The van der Waals surface area contributed by atoms with Crippen molar-refractivity contribution in [1.29, 1.82) is 0 Å². The molecule has 84 valence electrons. The Hall–Kier alpha value is -1.45. The highest BCUT2D eigenvalue weighted by Gasteiger charge is 2.14. The number of hydrazine groups is 1. The minimum Gasteiger partial charge on any atom is -0.481 e. The van der Waals surface area contributed by atoms with Crippen LogP contribution in [0.15, 0.2) is 17.3 Å². The normalized spacial score (nSPS) is 11.5. The number of carboxylic acid groups (broad SMARTS) is 1. The SMILES string of the molecule is NNS(=O)(=O)c1cnn(CCC(=O)O)c1. The average Bonchev–Trinajstić information content (AvgIpc) is 2.63. The van der Waals surface area contributed by atoms with Crippen molar-refractivity contribution in [3.8, 4) is 0 Å². The Morgan fingerprint density at radius 3 is 2.87 bits per heavy atom. The van der Waals surface area contributed by atoms with Gasteiger partial charge in [0, 0.05) is 6.20 Å². The molecule has 1 aromatic rings. The minimum absolute atomic E-state index is 0.101. The predicted octanol–water partition coefficient (Wildman–Crippen LogP) is -1.49. The zero-order valence-electron chi connectivity index (χ0n) is 7.62. The van der Waals surface area contributed by atoms with Crippen LogP contribution >= 0.6 is 0 Å². The van der Waals surface area contributed by atoms with Gasteiger partial charge in [0.2, 0.25) is 0 Å². The number of rotatable bonds is 5. The summed E-state index contributed by atoms with van der Waals surface area (Å²) in [5, 5.41) is 12.1. The third kappa shape index (κ3) is 3.01. The molecule has 0 aromatic carbocycles. The molecule has 0 fully saturated rings. The summed E-state index contributed by atoms with van der Waals surface area (Å²) in [4.78, 5) is 11.8. The highest BCUT2D eigenvalue weighted by Crippen LogP contribution is 2.05. The van der Waals surface area contributed by atoms with E-state index in [1.54, 1.807) is 4.83 Å². The third-order valence-electron chi connectivity index (χ3n) is 1.63. The summed E-state index contributed by atoms with van der Waals surface area (Å²) < 4.78 is 23.5. The molecule has 0 amide bonds. The Morgan fingerprint density at radius 1 is 1.67 bits per heavy atom. The highest BCUT2D eigenvalue weighted by atomic mass is 32.2. The lowest BCUT2D eigenvalue weighted by Gasteiger charge is -1.97. The molecule has 15 heavy (non-hydrogen) atoms. The van der Waals surface area contributed by atoms with Crippen molar-refractivity contribution in [2.24, 2.45) is 5.84 Å². The first-order valence-corrected chi connectivity index (χ1v) is 5.40. The number of aryl methyl sites for hydroxylation is 1. The summed E-state index contributed by atoms with van der Waals surface area (Å²) in [6.07, 6.45) is 2.17. The molecule has 1 heterocycles. The summed E-state index contributed by atoms with van der Waals surface area (Å²) in [6.45, 7) is 0.107. The van der Waals surface area contributed by atoms with Gasteiger partial charge in [0.05, 0.1) is 19.2 Å². The van der Waals surface area contributed by atoms with Crippen molar-refractivity contribution in [2.45, 2.75) is 17.9 Å². The second-order valence-electron chi connectivity index (χ2n) is 2.70. The zero-order chi connectivity index (χ0) is 11.5. The molecule has 8 nitrogen and oxygen atoms in total. The van der Waals surface area contributed by atoms with E-state index < -0.39 is 16.0 Å². The van der Waals surface area contributed by atoms with Crippen LogP contribution < -0.4 is 10.7 Å². The third-order valence-corrected chi connectivity index (χ3v) is 2.77. The quantitative estimate of drug-likeness (QED) is 0.420. The molecule has 0 aliphatic heterocycles. The monoisotopic (exact) mass is 234 g/mol. The molecule has 1 aromatic heterocycles. The van der Waals surface area contributed by atoms with Crippen LogP contribution in [0.2, 0.25) is 0 Å². The van der Waals surface area contributed by atoms with Gasteiger partial charge in [0.15, 0.2) is 0 Å². The van der Waals surface area contributed by atoms with Gasteiger partial charge in [-0.1, -0.05) is 0 Å². The first-order chi connectivity index (χ1) is 6.95. The number of aliphatic carboxylic acids is 1. The van der Waals surface area contributed by atoms with Crippen LogP contribution in [0.3, 0.4) is 0 Å². The molecule has 0 saturated carbocycles. The molecule has 0 saturated heterocycles. The van der Waals surface area contributed by atoms with Crippen molar-refractivity contribution in [2.75, 3.05) is 0 Å². The van der Waals surface area contributed by atoms with Crippen LogP contribution in [0.25, 0.3) is 0 Å². The summed E-state index contributed by atoms with van der Waals surface area (Å²) in [5.41, 5.74) is 0. The Bertz CT molecular complexity index is 451. The van der Waals surface area contributed by atoms with Crippen LogP contribution in [0.5, 0.6) is 0 Å². The van der Waals surface area contributed by atoms with Gasteiger partial charge in [-0.3, -0.25) is 15.3 Å². The van der Waals surface area contributed by atoms with Gasteiger partial charge in [-0.05, 0) is 0 Å². The Balaban J connectivity index is 2.77. The first kappa shape index (κ1) is 11.6. The molecule has 1 rings (SSSR count). The summed E-state index contributed by atoms with van der Waals surface area (Å²) in [6, 6.07) is 0. The number of carboxylic acids is 1. The maximum Gasteiger partial charge on any atom is 0.305 e. The van der Waals surface area contributed by atoms with E-state index in [1.807, 2.05) is 0 Å². The fourth-order valence-electron chi connectivity index (χ4n) is 0.884. The van der Waals surface area contributed by atoms with E-state index in [1.165, 1.54) is 10.9 Å². The fourth-order valence-corrected chi connectivity index (χ4v) is 1.47. The van der Waals surface area contributed by atoms with E-state index in [4.69, 9.17) is 10.9 Å². The maximum atomic E-state index is 11.1. The van der Waals surface area contributed by atoms with Crippen LogP contribution in [0, 0.1) is 0 Å². The van der Waals surface area contributed by atoms with E-state index in [9.17, 15) is 13.2 Å². The smallest absolute Gasteiger partial charge is 0.305 e. The molecule has 9 heteroatoms. The standard InChI is InChI=1S/C6H10N4O4S/c7-9-15(13,14)5-3-8-10(4-5)2-1-6(11)12/h3-4,9H,1-2,7H2,(H,11,12). The van der Waals surface area contributed by atoms with Crippen molar-refractivity contribution < 1.29 is 18.3 Å². The molecule has 0 bridgehead atoms. The van der Waals surface area contributed by atoms with Crippen LogP contribution in [-0.2, 0) is 21.4 Å². The van der Waals surface area contributed by atoms with Gasteiger partial charge >= 0.3 is 5.97 Å². The van der Waals surface area contributed by atoms with Crippen molar-refractivity contribution in [1.82, 2.24) is 14.6 Å². The van der Waals surface area contributed by atoms with E-state index in [-0.39, 0.29) is 17.9 Å². The molecule has 0 radical (unpaired) electrons. The Labute approximate surface area is 85.7 Å². The number of hydrogen-bond donors (Lipinski definition) is 3. The summed E-state index contributed by atoms with van der Waals surface area (Å²) in [7, 11) is -3.72. The largest absolute Gasteiger partial charge is 0.481 e. The average molecular weight is 234 g/mol. The molecule has 0 spiro atoms. The number of nitrogens with zero attached hydrogens (tertiary/aromatic N) is 2. The van der Waals surface area contributed by atoms with E-state index in [0.29, 0.717) is 0 Å². The fraction of sp³-hybridized carbons (Fsp3) is 0.333. The molecule has 0 atom stereocenters. The molecular weight excluding hydrogens is 224 g/mol. The van der Waals surface area contributed by atoms with Gasteiger partial charge in [-0.25, -0.2) is 8.42 Å². The van der Waals surface area contributed by atoms with Gasteiger partial charge in [0.25, 0.3) is 10.0 Å². The highest BCUT2D eigenvalue weighted by molar-refractivity contribution is 7.89. The molecule has 0 unspecified atom stereocenters. The van der Waals surface area contributed by atoms with Gasteiger partial charge in [0.1, 0.15) is 4.90 Å². The predicted molar refractivity (Wildman–Crippen MR) is 49.0 cm³/mol. The van der Waals surface area contributed by atoms with Crippen LogP contribution in [-0.4, -0.2) is 29.3 Å². The van der Waals surface area contributed by atoms with Crippen LogP contribution in [0.1, 0.15) is 6.42 Å². The number of sulfonamides is 1. The van der Waals surface area contributed by atoms with Crippen LogP contribution in [0.4, 0.5) is 0 Å². The number of nitrogens with one attached hydrogen (secondary N) is 1.